The van der Waals surface area contributed by atoms with E-state index >= 15 is 0 Å². The molecule has 1 atom stereocenters. The van der Waals surface area contributed by atoms with Gasteiger partial charge in [0.2, 0.25) is 5.91 Å². The summed E-state index contributed by atoms with van der Waals surface area (Å²) in [5.41, 5.74) is 0. The monoisotopic (exact) mass is 190 g/mol. The summed E-state index contributed by atoms with van der Waals surface area (Å²) in [7, 11) is 0. The molecular weight excluding hydrogens is 176 g/mol. The van der Waals surface area contributed by atoms with Crippen LogP contribution in [0, 0.1) is 0 Å². The number of aliphatic hydroxyl groups is 1. The number of rotatable bonds is 6. The Morgan fingerprint density at radius 2 is 2.08 bits per heavy atom. The Bertz CT molecular complexity index is 183. The highest BCUT2D eigenvalue weighted by molar-refractivity contribution is 5.84. The van der Waals surface area contributed by atoms with Gasteiger partial charge < -0.3 is 20.8 Å². The molecule has 0 aliphatic carbocycles. The standard InChI is InChI=1S/C7H14N2O4/c1-2-8-3-6(11)9-5(4-10)7(12)13/h5,8,10H,2-4H2,1H3,(H,9,11)(H,12,13)/t5-/m1/s1. The molecule has 0 rings (SSSR count). The molecule has 0 saturated carbocycles. The van der Waals surface area contributed by atoms with Crippen LogP contribution in [0.4, 0.5) is 0 Å². The maximum absolute atomic E-state index is 10.9. The summed E-state index contributed by atoms with van der Waals surface area (Å²) in [5.74, 6) is -1.68. The molecule has 6 heteroatoms. The van der Waals surface area contributed by atoms with Gasteiger partial charge in [-0.05, 0) is 6.54 Å². The summed E-state index contributed by atoms with van der Waals surface area (Å²) in [6, 6.07) is -1.22. The molecule has 0 unspecified atom stereocenters. The third kappa shape index (κ3) is 5.15. The van der Waals surface area contributed by atoms with E-state index in [9.17, 15) is 9.59 Å². The van der Waals surface area contributed by atoms with E-state index in [1.54, 1.807) is 0 Å². The first-order valence-electron chi connectivity index (χ1n) is 3.95. The summed E-state index contributed by atoms with van der Waals surface area (Å²) in [5, 5.41) is 21.9. The zero-order chi connectivity index (χ0) is 10.3. The lowest BCUT2D eigenvalue weighted by atomic mass is 10.3. The van der Waals surface area contributed by atoms with Crippen molar-refractivity contribution < 1.29 is 19.8 Å². The Balaban J connectivity index is 3.80. The lowest BCUT2D eigenvalue weighted by Gasteiger charge is -2.11. The van der Waals surface area contributed by atoms with E-state index in [0.29, 0.717) is 6.54 Å². The average Bonchev–Trinajstić information content (AvgIpc) is 2.10. The van der Waals surface area contributed by atoms with Crippen molar-refractivity contribution in [1.29, 1.82) is 0 Å². The van der Waals surface area contributed by atoms with Gasteiger partial charge in [0.25, 0.3) is 0 Å². The number of hydrogen-bond acceptors (Lipinski definition) is 4. The lowest BCUT2D eigenvalue weighted by molar-refractivity contribution is -0.142. The van der Waals surface area contributed by atoms with Crippen molar-refractivity contribution in [2.24, 2.45) is 0 Å². The van der Waals surface area contributed by atoms with Crippen molar-refractivity contribution in [3.05, 3.63) is 0 Å². The van der Waals surface area contributed by atoms with Crippen LogP contribution in [0.5, 0.6) is 0 Å². The Hall–Kier alpha value is -1.14. The van der Waals surface area contributed by atoms with E-state index in [1.165, 1.54) is 0 Å². The molecular formula is C7H14N2O4. The van der Waals surface area contributed by atoms with Gasteiger partial charge in [0.05, 0.1) is 13.2 Å². The molecule has 0 aliphatic rings. The molecule has 0 radical (unpaired) electrons. The number of likely N-dealkylation sites (N-methyl/N-ethyl adjacent to an activating group) is 1. The van der Waals surface area contributed by atoms with Crippen molar-refractivity contribution in [3.63, 3.8) is 0 Å². The van der Waals surface area contributed by atoms with Gasteiger partial charge in [0.1, 0.15) is 6.04 Å². The highest BCUT2D eigenvalue weighted by Gasteiger charge is 2.17. The largest absolute Gasteiger partial charge is 0.480 e. The molecule has 1 amide bonds. The van der Waals surface area contributed by atoms with E-state index in [2.05, 4.69) is 10.6 Å². The van der Waals surface area contributed by atoms with Crippen LogP contribution in [0.2, 0.25) is 0 Å². The number of carboxylic acids is 1. The van der Waals surface area contributed by atoms with E-state index < -0.39 is 24.5 Å². The van der Waals surface area contributed by atoms with Gasteiger partial charge in [-0.25, -0.2) is 4.79 Å². The summed E-state index contributed by atoms with van der Waals surface area (Å²) in [4.78, 5) is 21.3. The fourth-order valence-corrected chi connectivity index (χ4v) is 0.669. The van der Waals surface area contributed by atoms with Crippen molar-refractivity contribution in [2.45, 2.75) is 13.0 Å². The fraction of sp³-hybridized carbons (Fsp3) is 0.714. The Morgan fingerprint density at radius 1 is 1.46 bits per heavy atom. The summed E-state index contributed by atoms with van der Waals surface area (Å²) in [6.07, 6.45) is 0. The van der Waals surface area contributed by atoms with E-state index in [1.807, 2.05) is 6.92 Å². The normalized spacial score (nSPS) is 12.2. The predicted octanol–water partition coefficient (Wildman–Crippen LogP) is -1.84. The van der Waals surface area contributed by atoms with Gasteiger partial charge >= 0.3 is 5.97 Å². The number of amides is 1. The Morgan fingerprint density at radius 3 is 2.46 bits per heavy atom. The first kappa shape index (κ1) is 11.9. The Labute approximate surface area is 75.9 Å². The predicted molar refractivity (Wildman–Crippen MR) is 45.2 cm³/mol. The van der Waals surface area contributed by atoms with Crippen molar-refractivity contribution >= 4 is 11.9 Å². The number of hydrogen-bond donors (Lipinski definition) is 4. The van der Waals surface area contributed by atoms with Gasteiger partial charge in [0, 0.05) is 0 Å². The van der Waals surface area contributed by atoms with Crippen LogP contribution >= 0.6 is 0 Å². The maximum atomic E-state index is 10.9. The molecule has 0 heterocycles. The van der Waals surface area contributed by atoms with Crippen LogP contribution in [-0.2, 0) is 9.59 Å². The first-order chi connectivity index (χ1) is 6.11. The second kappa shape index (κ2) is 6.38. The molecule has 0 aliphatic heterocycles. The molecule has 0 fully saturated rings. The summed E-state index contributed by atoms with van der Waals surface area (Å²) in [6.45, 7) is 1.91. The summed E-state index contributed by atoms with van der Waals surface area (Å²) < 4.78 is 0. The number of aliphatic carboxylic acids is 1. The van der Waals surface area contributed by atoms with Crippen LogP contribution in [0.1, 0.15) is 6.92 Å². The molecule has 0 aromatic rings. The number of carboxylic acid groups (broad SMARTS) is 1. The van der Waals surface area contributed by atoms with E-state index in [-0.39, 0.29) is 6.54 Å². The van der Waals surface area contributed by atoms with Crippen LogP contribution in [0.25, 0.3) is 0 Å². The zero-order valence-corrected chi connectivity index (χ0v) is 7.41. The van der Waals surface area contributed by atoms with Gasteiger partial charge in [-0.3, -0.25) is 4.79 Å². The molecule has 0 aromatic heterocycles. The minimum atomic E-state index is -1.24. The van der Waals surface area contributed by atoms with Crippen molar-refractivity contribution in [3.8, 4) is 0 Å². The average molecular weight is 190 g/mol. The fourth-order valence-electron chi connectivity index (χ4n) is 0.669. The first-order valence-corrected chi connectivity index (χ1v) is 3.95. The van der Waals surface area contributed by atoms with Crippen LogP contribution < -0.4 is 10.6 Å². The molecule has 76 valence electrons. The number of aliphatic hydroxyl groups excluding tert-OH is 1. The van der Waals surface area contributed by atoms with Crippen molar-refractivity contribution in [1.82, 2.24) is 10.6 Å². The second-order valence-corrected chi connectivity index (χ2v) is 2.42. The smallest absolute Gasteiger partial charge is 0.328 e. The third-order valence-corrected chi connectivity index (χ3v) is 1.35. The van der Waals surface area contributed by atoms with Crippen LogP contribution in [0.3, 0.4) is 0 Å². The zero-order valence-electron chi connectivity index (χ0n) is 7.41. The maximum Gasteiger partial charge on any atom is 0.328 e. The Kier molecular flexibility index (Phi) is 5.82. The number of nitrogens with one attached hydrogen (secondary N) is 2. The molecule has 0 saturated heterocycles. The molecule has 6 nitrogen and oxygen atoms in total. The SMILES string of the molecule is CCNCC(=O)N[C@H](CO)C(=O)O. The number of carbonyl (C=O) groups is 2. The minimum absolute atomic E-state index is 0.0558. The summed E-state index contributed by atoms with van der Waals surface area (Å²) >= 11 is 0. The van der Waals surface area contributed by atoms with Gasteiger partial charge in [0.15, 0.2) is 0 Å². The molecule has 13 heavy (non-hydrogen) atoms. The van der Waals surface area contributed by atoms with Gasteiger partial charge in [-0.15, -0.1) is 0 Å². The topological polar surface area (TPSA) is 98.7 Å². The van der Waals surface area contributed by atoms with E-state index in [0.717, 1.165) is 0 Å². The second-order valence-electron chi connectivity index (χ2n) is 2.42. The molecule has 0 spiro atoms. The van der Waals surface area contributed by atoms with Crippen molar-refractivity contribution in [2.75, 3.05) is 19.7 Å². The van der Waals surface area contributed by atoms with Crippen LogP contribution in [0.15, 0.2) is 0 Å². The van der Waals surface area contributed by atoms with E-state index in [4.69, 9.17) is 10.2 Å². The molecule has 0 bridgehead atoms. The molecule has 4 N–H and O–H groups in total. The number of carbonyl (C=O) groups excluding carboxylic acids is 1. The third-order valence-electron chi connectivity index (χ3n) is 1.35. The van der Waals surface area contributed by atoms with Gasteiger partial charge in [-0.2, -0.15) is 0 Å². The highest BCUT2D eigenvalue weighted by atomic mass is 16.4. The molecule has 0 aromatic carbocycles. The van der Waals surface area contributed by atoms with Gasteiger partial charge in [-0.1, -0.05) is 6.92 Å². The van der Waals surface area contributed by atoms with Crippen LogP contribution in [-0.4, -0.2) is 47.8 Å². The lowest BCUT2D eigenvalue weighted by Crippen LogP contribution is -2.46. The quantitative estimate of drug-likeness (QED) is 0.394. The minimum Gasteiger partial charge on any atom is -0.480 e. The highest BCUT2D eigenvalue weighted by Crippen LogP contribution is 1.81.